The fraction of sp³-hybridized carbons (Fsp3) is 0.222. The summed E-state index contributed by atoms with van der Waals surface area (Å²) in [6.45, 7) is 3.20. The zero-order valence-corrected chi connectivity index (χ0v) is 20.5. The molecule has 0 bridgehead atoms. The van der Waals surface area contributed by atoms with Crippen molar-refractivity contribution in [3.63, 3.8) is 0 Å². The number of rotatable bonds is 5. The Labute approximate surface area is 215 Å². The third kappa shape index (κ3) is 5.08. The van der Waals surface area contributed by atoms with Gasteiger partial charge in [0.05, 0.1) is 29.4 Å². The molecule has 37 heavy (non-hydrogen) atoms. The summed E-state index contributed by atoms with van der Waals surface area (Å²) in [5.41, 5.74) is -2.00. The molecule has 190 valence electrons. The highest BCUT2D eigenvalue weighted by atomic mass is 35.5. The van der Waals surface area contributed by atoms with Crippen molar-refractivity contribution < 1.29 is 27.2 Å². The average Bonchev–Trinajstić information content (AvgIpc) is 3.07. The van der Waals surface area contributed by atoms with Gasteiger partial charge in [-0.15, -0.1) is 0 Å². The summed E-state index contributed by atoms with van der Waals surface area (Å²) in [5.74, 6) is -1.51. The number of nitriles is 1. The van der Waals surface area contributed by atoms with Crippen LogP contribution in [0, 0.1) is 17.1 Å². The Bertz CT molecular complexity index is 1430. The largest absolute Gasteiger partial charge is 0.417 e. The van der Waals surface area contributed by atoms with E-state index in [0.717, 1.165) is 18.2 Å². The lowest BCUT2D eigenvalue weighted by Gasteiger charge is -2.28. The van der Waals surface area contributed by atoms with Gasteiger partial charge in [-0.1, -0.05) is 17.7 Å². The molecule has 1 amide bonds. The molecule has 0 aromatic heterocycles. The molecule has 4 rings (SSSR count). The van der Waals surface area contributed by atoms with Crippen LogP contribution in [-0.2, 0) is 17.5 Å². The Kier molecular flexibility index (Phi) is 6.84. The van der Waals surface area contributed by atoms with E-state index in [1.54, 1.807) is 30.9 Å². The van der Waals surface area contributed by atoms with Crippen LogP contribution in [0.25, 0.3) is 0 Å². The topological polar surface area (TPSA) is 64.4 Å². The highest BCUT2D eigenvalue weighted by Crippen LogP contribution is 2.37. The Morgan fingerprint density at radius 2 is 1.76 bits per heavy atom. The predicted molar refractivity (Wildman–Crippen MR) is 129 cm³/mol. The first-order chi connectivity index (χ1) is 17.3. The van der Waals surface area contributed by atoms with Gasteiger partial charge in [0, 0.05) is 28.4 Å². The van der Waals surface area contributed by atoms with Crippen molar-refractivity contribution in [2.75, 3.05) is 11.6 Å². The second kappa shape index (κ2) is 9.61. The van der Waals surface area contributed by atoms with Gasteiger partial charge < -0.3 is 0 Å². The maximum Gasteiger partial charge on any atom is 0.417 e. The molecular formula is C27H20ClF4N3O2. The van der Waals surface area contributed by atoms with E-state index in [1.165, 1.54) is 41.3 Å². The lowest BCUT2D eigenvalue weighted by atomic mass is 9.96. The predicted octanol–water partition coefficient (Wildman–Crippen LogP) is 6.19. The SMILES string of the molecule is CC1(C)C(=O)N(c2ccc(C#N)c(C(F)(F)F)c2)CN1Cc1ccc(F)cc1C(=O)c1ccc(Cl)cc1. The van der Waals surface area contributed by atoms with E-state index in [9.17, 15) is 27.2 Å². The van der Waals surface area contributed by atoms with Crippen molar-refractivity contribution >= 4 is 29.0 Å². The quantitative estimate of drug-likeness (QED) is 0.292. The zero-order valence-electron chi connectivity index (χ0n) is 19.7. The molecule has 0 saturated carbocycles. The van der Waals surface area contributed by atoms with Crippen LogP contribution in [0.15, 0.2) is 60.7 Å². The molecule has 1 saturated heterocycles. The number of hydrogen-bond donors (Lipinski definition) is 0. The molecule has 10 heteroatoms. The molecule has 0 spiro atoms. The Balaban J connectivity index is 1.68. The number of nitrogens with zero attached hydrogens (tertiary/aromatic N) is 3. The second-order valence-corrected chi connectivity index (χ2v) is 9.54. The minimum atomic E-state index is -4.77. The summed E-state index contributed by atoms with van der Waals surface area (Å²) in [5, 5.41) is 9.50. The van der Waals surface area contributed by atoms with Crippen LogP contribution >= 0.6 is 11.6 Å². The van der Waals surface area contributed by atoms with Crippen molar-refractivity contribution in [3.8, 4) is 6.07 Å². The number of alkyl halides is 3. The third-order valence-electron chi connectivity index (χ3n) is 6.40. The van der Waals surface area contributed by atoms with Crippen molar-refractivity contribution in [2.24, 2.45) is 0 Å². The Morgan fingerprint density at radius 3 is 2.38 bits per heavy atom. The molecule has 3 aromatic carbocycles. The van der Waals surface area contributed by atoms with Crippen LogP contribution in [0.2, 0.25) is 5.02 Å². The molecule has 1 aliphatic rings. The first kappa shape index (κ1) is 26.3. The fourth-order valence-corrected chi connectivity index (χ4v) is 4.34. The molecule has 0 atom stereocenters. The first-order valence-corrected chi connectivity index (χ1v) is 11.5. The second-order valence-electron chi connectivity index (χ2n) is 9.11. The van der Waals surface area contributed by atoms with E-state index in [1.807, 2.05) is 0 Å². The van der Waals surface area contributed by atoms with Gasteiger partial charge in [-0.2, -0.15) is 18.4 Å². The van der Waals surface area contributed by atoms with Crippen molar-refractivity contribution in [3.05, 3.63) is 99.3 Å². The number of carbonyl (C=O) groups is 2. The van der Waals surface area contributed by atoms with Crippen LogP contribution < -0.4 is 4.90 Å². The average molecular weight is 530 g/mol. The van der Waals surface area contributed by atoms with Gasteiger partial charge in [0.1, 0.15) is 5.82 Å². The molecule has 1 aliphatic heterocycles. The van der Waals surface area contributed by atoms with Crippen molar-refractivity contribution in [1.82, 2.24) is 4.90 Å². The molecule has 0 N–H and O–H groups in total. The van der Waals surface area contributed by atoms with Crippen LogP contribution in [0.3, 0.4) is 0 Å². The maximum atomic E-state index is 14.1. The first-order valence-electron chi connectivity index (χ1n) is 11.1. The van der Waals surface area contributed by atoms with E-state index in [2.05, 4.69) is 0 Å². The molecule has 1 fully saturated rings. The number of amides is 1. The maximum absolute atomic E-state index is 14.1. The summed E-state index contributed by atoms with van der Waals surface area (Å²) in [7, 11) is 0. The van der Waals surface area contributed by atoms with E-state index >= 15 is 0 Å². The monoisotopic (exact) mass is 529 g/mol. The summed E-state index contributed by atoms with van der Waals surface area (Å²) in [4.78, 5) is 29.3. The van der Waals surface area contributed by atoms with Gasteiger partial charge in [-0.3, -0.25) is 19.4 Å². The molecule has 0 radical (unpaired) electrons. The highest BCUT2D eigenvalue weighted by Gasteiger charge is 2.46. The zero-order chi connectivity index (χ0) is 27.1. The van der Waals surface area contributed by atoms with Gasteiger partial charge in [0.25, 0.3) is 0 Å². The van der Waals surface area contributed by atoms with E-state index in [-0.39, 0.29) is 24.5 Å². The summed E-state index contributed by atoms with van der Waals surface area (Å²) < 4.78 is 54.6. The number of halogens is 5. The van der Waals surface area contributed by atoms with Crippen LogP contribution in [0.4, 0.5) is 23.2 Å². The standard InChI is InChI=1S/C27H20ClF4N3O2/c1-26(2)25(37)35(21-10-6-17(13-33)23(12-21)27(30,31)32)15-34(26)14-18-5-9-20(29)11-22(18)24(36)16-3-7-19(28)8-4-16/h3-12H,14-15H2,1-2H3. The molecule has 1 heterocycles. The fourth-order valence-electron chi connectivity index (χ4n) is 4.22. The van der Waals surface area contributed by atoms with Crippen LogP contribution in [0.1, 0.15) is 46.5 Å². The summed E-state index contributed by atoms with van der Waals surface area (Å²) >= 11 is 5.90. The van der Waals surface area contributed by atoms with Gasteiger partial charge >= 0.3 is 6.18 Å². The number of hydrogen-bond acceptors (Lipinski definition) is 4. The number of anilines is 1. The van der Waals surface area contributed by atoms with Crippen molar-refractivity contribution in [2.45, 2.75) is 32.1 Å². The minimum absolute atomic E-state index is 0.0107. The van der Waals surface area contributed by atoms with E-state index in [4.69, 9.17) is 16.9 Å². The third-order valence-corrected chi connectivity index (χ3v) is 6.65. The Hall–Kier alpha value is -3.74. The minimum Gasteiger partial charge on any atom is -0.297 e. The van der Waals surface area contributed by atoms with E-state index in [0.29, 0.717) is 16.1 Å². The van der Waals surface area contributed by atoms with Crippen molar-refractivity contribution in [1.29, 1.82) is 5.26 Å². The Morgan fingerprint density at radius 1 is 1.08 bits per heavy atom. The van der Waals surface area contributed by atoms with Crippen LogP contribution in [0.5, 0.6) is 0 Å². The number of benzene rings is 3. The van der Waals surface area contributed by atoms with Crippen LogP contribution in [-0.4, -0.2) is 28.8 Å². The smallest absolute Gasteiger partial charge is 0.297 e. The number of ketones is 1. The van der Waals surface area contributed by atoms with Gasteiger partial charge in [0.15, 0.2) is 5.78 Å². The van der Waals surface area contributed by atoms with Gasteiger partial charge in [-0.05, 0) is 74.0 Å². The molecule has 0 aliphatic carbocycles. The van der Waals surface area contributed by atoms with E-state index < -0.39 is 40.3 Å². The normalized spacial score (nSPS) is 15.6. The molecule has 5 nitrogen and oxygen atoms in total. The molecular weight excluding hydrogens is 510 g/mol. The summed E-state index contributed by atoms with van der Waals surface area (Å²) in [6.07, 6.45) is -4.77. The molecule has 3 aromatic rings. The lowest BCUT2D eigenvalue weighted by Crippen LogP contribution is -2.43. The lowest BCUT2D eigenvalue weighted by molar-refractivity contribution is -0.137. The highest BCUT2D eigenvalue weighted by molar-refractivity contribution is 6.30. The van der Waals surface area contributed by atoms with Gasteiger partial charge in [0.2, 0.25) is 5.91 Å². The van der Waals surface area contributed by atoms with Gasteiger partial charge in [-0.25, -0.2) is 4.39 Å². The summed E-state index contributed by atoms with van der Waals surface area (Å²) in [6, 6.07) is 14.5. The molecule has 0 unspecified atom stereocenters. The number of carbonyl (C=O) groups excluding carboxylic acids is 2.